The number of benzene rings is 2. The van der Waals surface area contributed by atoms with E-state index in [0.29, 0.717) is 5.56 Å². The predicted octanol–water partition coefficient (Wildman–Crippen LogP) is 4.23. The SMILES string of the molecule is Fc1ccc(C(c2cccc(C(F)(F)F)c2)N2CCCNCC2)cc1. The van der Waals surface area contributed by atoms with Crippen LogP contribution in [-0.2, 0) is 6.18 Å². The van der Waals surface area contributed by atoms with E-state index < -0.39 is 11.7 Å². The lowest BCUT2D eigenvalue weighted by molar-refractivity contribution is -0.137. The van der Waals surface area contributed by atoms with Crippen LogP contribution in [-0.4, -0.2) is 31.1 Å². The zero-order chi connectivity index (χ0) is 17.9. The summed E-state index contributed by atoms with van der Waals surface area (Å²) in [6, 6.07) is 11.1. The van der Waals surface area contributed by atoms with Crippen LogP contribution in [0, 0.1) is 5.82 Å². The van der Waals surface area contributed by atoms with Crippen molar-refractivity contribution in [1.29, 1.82) is 0 Å². The first-order valence-electron chi connectivity index (χ1n) is 8.32. The quantitative estimate of drug-likeness (QED) is 0.832. The topological polar surface area (TPSA) is 15.3 Å². The molecule has 1 aliphatic heterocycles. The van der Waals surface area contributed by atoms with Crippen LogP contribution in [0.4, 0.5) is 17.6 Å². The molecule has 0 amide bonds. The summed E-state index contributed by atoms with van der Waals surface area (Å²) >= 11 is 0. The Bertz CT molecular complexity index is 689. The van der Waals surface area contributed by atoms with Gasteiger partial charge in [-0.2, -0.15) is 13.2 Å². The fourth-order valence-electron chi connectivity index (χ4n) is 3.27. The molecule has 1 unspecified atom stereocenters. The van der Waals surface area contributed by atoms with Crippen LogP contribution in [0.1, 0.15) is 29.2 Å². The third-order valence-corrected chi connectivity index (χ3v) is 4.46. The Morgan fingerprint density at radius 1 is 0.920 bits per heavy atom. The van der Waals surface area contributed by atoms with Crippen molar-refractivity contribution in [2.75, 3.05) is 26.2 Å². The molecular weight excluding hydrogens is 332 g/mol. The maximum Gasteiger partial charge on any atom is 0.416 e. The van der Waals surface area contributed by atoms with Gasteiger partial charge in [0, 0.05) is 19.6 Å². The van der Waals surface area contributed by atoms with E-state index in [-0.39, 0.29) is 11.9 Å². The van der Waals surface area contributed by atoms with Gasteiger partial charge < -0.3 is 5.32 Å². The van der Waals surface area contributed by atoms with Crippen LogP contribution in [0.25, 0.3) is 0 Å². The molecular formula is C19H20F4N2. The second-order valence-corrected chi connectivity index (χ2v) is 6.22. The molecule has 0 saturated carbocycles. The van der Waals surface area contributed by atoms with Gasteiger partial charge in [0.25, 0.3) is 0 Å². The smallest absolute Gasteiger partial charge is 0.315 e. The monoisotopic (exact) mass is 352 g/mol. The van der Waals surface area contributed by atoms with Gasteiger partial charge in [0.2, 0.25) is 0 Å². The van der Waals surface area contributed by atoms with Gasteiger partial charge >= 0.3 is 6.18 Å². The van der Waals surface area contributed by atoms with E-state index in [1.807, 2.05) is 0 Å². The Hall–Kier alpha value is -1.92. The van der Waals surface area contributed by atoms with Crippen molar-refractivity contribution in [3.8, 4) is 0 Å². The molecule has 1 N–H and O–H groups in total. The van der Waals surface area contributed by atoms with Gasteiger partial charge in [0.1, 0.15) is 5.82 Å². The minimum Gasteiger partial charge on any atom is -0.315 e. The van der Waals surface area contributed by atoms with Gasteiger partial charge in [-0.15, -0.1) is 0 Å². The molecule has 6 heteroatoms. The normalized spacial score (nSPS) is 17.9. The van der Waals surface area contributed by atoms with Gasteiger partial charge in [-0.05, 0) is 48.4 Å². The van der Waals surface area contributed by atoms with Gasteiger partial charge in [-0.25, -0.2) is 4.39 Å². The fourth-order valence-corrected chi connectivity index (χ4v) is 3.27. The molecule has 0 aliphatic carbocycles. The number of hydrogen-bond acceptors (Lipinski definition) is 2. The minimum absolute atomic E-state index is 0.331. The highest BCUT2D eigenvalue weighted by Crippen LogP contribution is 2.34. The van der Waals surface area contributed by atoms with E-state index in [4.69, 9.17) is 0 Å². The Labute approximate surface area is 144 Å². The van der Waals surface area contributed by atoms with Crippen molar-refractivity contribution in [3.63, 3.8) is 0 Å². The average molecular weight is 352 g/mol. The van der Waals surface area contributed by atoms with E-state index >= 15 is 0 Å². The number of halogens is 4. The summed E-state index contributed by atoms with van der Waals surface area (Å²) in [7, 11) is 0. The molecule has 1 aliphatic rings. The van der Waals surface area contributed by atoms with Crippen LogP contribution in [0.5, 0.6) is 0 Å². The summed E-state index contributed by atoms with van der Waals surface area (Å²) in [6.45, 7) is 3.15. The van der Waals surface area contributed by atoms with Crippen LogP contribution >= 0.6 is 0 Å². The van der Waals surface area contributed by atoms with E-state index in [9.17, 15) is 17.6 Å². The van der Waals surface area contributed by atoms with Crippen LogP contribution in [0.2, 0.25) is 0 Å². The zero-order valence-electron chi connectivity index (χ0n) is 13.7. The van der Waals surface area contributed by atoms with E-state index in [1.165, 1.54) is 24.3 Å². The Morgan fingerprint density at radius 2 is 1.68 bits per heavy atom. The van der Waals surface area contributed by atoms with Gasteiger partial charge in [-0.3, -0.25) is 4.90 Å². The van der Waals surface area contributed by atoms with Gasteiger partial charge in [0.05, 0.1) is 11.6 Å². The Kier molecular flexibility index (Phi) is 5.39. The largest absolute Gasteiger partial charge is 0.416 e. The minimum atomic E-state index is -4.39. The molecule has 3 rings (SSSR count). The molecule has 25 heavy (non-hydrogen) atoms. The average Bonchev–Trinajstić information content (AvgIpc) is 2.86. The first-order valence-corrected chi connectivity index (χ1v) is 8.32. The molecule has 2 nitrogen and oxygen atoms in total. The van der Waals surface area contributed by atoms with E-state index in [1.54, 1.807) is 18.2 Å². The maximum atomic E-state index is 13.3. The van der Waals surface area contributed by atoms with Crippen LogP contribution in [0.15, 0.2) is 48.5 Å². The highest BCUT2D eigenvalue weighted by atomic mass is 19.4. The van der Waals surface area contributed by atoms with E-state index in [0.717, 1.165) is 44.2 Å². The summed E-state index contributed by atoms with van der Waals surface area (Å²) < 4.78 is 52.7. The molecule has 0 bridgehead atoms. The van der Waals surface area contributed by atoms with Crippen molar-refractivity contribution in [2.45, 2.75) is 18.6 Å². The first kappa shape index (κ1) is 17.9. The van der Waals surface area contributed by atoms with Gasteiger partial charge in [0.15, 0.2) is 0 Å². The number of alkyl halides is 3. The van der Waals surface area contributed by atoms with Gasteiger partial charge in [-0.1, -0.05) is 24.3 Å². The van der Waals surface area contributed by atoms with Crippen LogP contribution < -0.4 is 5.32 Å². The zero-order valence-corrected chi connectivity index (χ0v) is 13.7. The van der Waals surface area contributed by atoms with Crippen LogP contribution in [0.3, 0.4) is 0 Å². The summed E-state index contributed by atoms with van der Waals surface area (Å²) in [5.41, 5.74) is 0.705. The molecule has 0 aromatic heterocycles. The lowest BCUT2D eigenvalue weighted by Gasteiger charge is -2.31. The molecule has 0 radical (unpaired) electrons. The highest BCUT2D eigenvalue weighted by molar-refractivity contribution is 5.35. The van der Waals surface area contributed by atoms with E-state index in [2.05, 4.69) is 10.2 Å². The number of rotatable bonds is 3. The van der Waals surface area contributed by atoms with Crippen molar-refractivity contribution >= 4 is 0 Å². The van der Waals surface area contributed by atoms with Crippen molar-refractivity contribution in [1.82, 2.24) is 10.2 Å². The number of nitrogens with zero attached hydrogens (tertiary/aromatic N) is 1. The molecule has 1 saturated heterocycles. The molecule has 1 atom stereocenters. The Balaban J connectivity index is 2.02. The molecule has 0 spiro atoms. The molecule has 1 fully saturated rings. The summed E-state index contributed by atoms with van der Waals surface area (Å²) in [5.74, 6) is -0.357. The summed E-state index contributed by atoms with van der Waals surface area (Å²) in [4.78, 5) is 2.16. The summed E-state index contributed by atoms with van der Waals surface area (Å²) in [6.07, 6.45) is -3.47. The first-order chi connectivity index (χ1) is 11.9. The molecule has 2 aromatic rings. The van der Waals surface area contributed by atoms with Crippen molar-refractivity contribution in [2.24, 2.45) is 0 Å². The second kappa shape index (κ2) is 7.54. The third kappa shape index (κ3) is 4.38. The number of nitrogens with one attached hydrogen (secondary N) is 1. The highest BCUT2D eigenvalue weighted by Gasteiger charge is 2.32. The van der Waals surface area contributed by atoms with Crippen molar-refractivity contribution in [3.05, 3.63) is 71.0 Å². The second-order valence-electron chi connectivity index (χ2n) is 6.22. The third-order valence-electron chi connectivity index (χ3n) is 4.46. The Morgan fingerprint density at radius 3 is 2.40 bits per heavy atom. The maximum absolute atomic E-state index is 13.3. The lowest BCUT2D eigenvalue weighted by atomic mass is 9.95. The standard InChI is InChI=1S/C19H20F4N2/c20-17-7-5-14(6-8-17)18(25-11-2-9-24-10-12-25)15-3-1-4-16(13-15)19(21,22)23/h1,3-8,13,18,24H,2,9-12H2. The fraction of sp³-hybridized carbons (Fsp3) is 0.368. The van der Waals surface area contributed by atoms with Crippen molar-refractivity contribution < 1.29 is 17.6 Å². The summed E-state index contributed by atoms with van der Waals surface area (Å²) in [5, 5.41) is 3.30. The predicted molar refractivity (Wildman–Crippen MR) is 88.7 cm³/mol. The molecule has 2 aromatic carbocycles. The molecule has 134 valence electrons. The number of hydrogen-bond donors (Lipinski definition) is 1. The lowest BCUT2D eigenvalue weighted by Crippen LogP contribution is -2.33. The molecule has 1 heterocycles.